The highest BCUT2D eigenvalue weighted by Crippen LogP contribution is 2.31. The summed E-state index contributed by atoms with van der Waals surface area (Å²) in [6.45, 7) is 3.53. The van der Waals surface area contributed by atoms with Crippen LogP contribution in [-0.4, -0.2) is 19.4 Å². The number of amides is 1. The Labute approximate surface area is 169 Å². The number of alkyl halides is 3. The second-order valence-corrected chi connectivity index (χ2v) is 6.63. The van der Waals surface area contributed by atoms with Gasteiger partial charge in [0.05, 0.1) is 24.5 Å². The summed E-state index contributed by atoms with van der Waals surface area (Å²) in [5.74, 6) is -0.414. The topological polar surface area (TPSA) is 77.8 Å². The van der Waals surface area contributed by atoms with Crippen molar-refractivity contribution < 1.29 is 31.9 Å². The van der Waals surface area contributed by atoms with Gasteiger partial charge < -0.3 is 19.2 Å². The standard InChI is InChI=1S/C21H18F3NO5/c1-11-8-16(28-3)19-12(2)15(20(27)29-17(19)9-11)10-18(26)25-13-4-6-14(7-5-13)30-21(22,23)24/h4-9H,10H2,1-3H3,(H,25,26). The molecule has 0 saturated carbocycles. The lowest BCUT2D eigenvalue weighted by molar-refractivity contribution is -0.274. The maximum Gasteiger partial charge on any atom is 0.573 e. The molecule has 3 rings (SSSR count). The Bertz CT molecular complexity index is 1150. The Kier molecular flexibility index (Phi) is 5.73. The summed E-state index contributed by atoms with van der Waals surface area (Å²) in [6.07, 6.45) is -5.08. The predicted octanol–water partition coefficient (Wildman–Crippen LogP) is 4.50. The van der Waals surface area contributed by atoms with Crippen molar-refractivity contribution >= 4 is 22.6 Å². The van der Waals surface area contributed by atoms with Crippen LogP contribution in [0.2, 0.25) is 0 Å². The third-order valence-electron chi connectivity index (χ3n) is 4.42. The third-order valence-corrected chi connectivity index (χ3v) is 4.42. The number of halogens is 3. The molecule has 0 atom stereocenters. The lowest BCUT2D eigenvalue weighted by Gasteiger charge is -2.12. The summed E-state index contributed by atoms with van der Waals surface area (Å²) < 4.78 is 51.2. The quantitative estimate of drug-likeness (QED) is 0.614. The molecule has 0 bridgehead atoms. The Morgan fingerprint density at radius 1 is 1.13 bits per heavy atom. The molecule has 9 heteroatoms. The first-order valence-corrected chi connectivity index (χ1v) is 8.84. The fourth-order valence-electron chi connectivity index (χ4n) is 3.11. The SMILES string of the molecule is COc1cc(C)cc2oc(=O)c(CC(=O)Nc3ccc(OC(F)(F)F)cc3)c(C)c12. The lowest BCUT2D eigenvalue weighted by Crippen LogP contribution is -2.21. The van der Waals surface area contributed by atoms with E-state index in [2.05, 4.69) is 10.1 Å². The van der Waals surface area contributed by atoms with E-state index in [1.54, 1.807) is 19.1 Å². The van der Waals surface area contributed by atoms with Crippen LogP contribution in [0.25, 0.3) is 11.0 Å². The van der Waals surface area contributed by atoms with Crippen LogP contribution >= 0.6 is 0 Å². The third kappa shape index (κ3) is 4.73. The van der Waals surface area contributed by atoms with Crippen molar-refractivity contribution in [3.8, 4) is 11.5 Å². The van der Waals surface area contributed by atoms with Crippen LogP contribution in [-0.2, 0) is 11.2 Å². The molecule has 0 fully saturated rings. The van der Waals surface area contributed by atoms with Crippen molar-refractivity contribution in [1.82, 2.24) is 0 Å². The number of hydrogen-bond acceptors (Lipinski definition) is 5. The molecule has 1 amide bonds. The average molecular weight is 421 g/mol. The van der Waals surface area contributed by atoms with Gasteiger partial charge in [-0.1, -0.05) is 0 Å². The number of rotatable bonds is 5. The molecule has 0 aliphatic carbocycles. The number of nitrogens with one attached hydrogen (secondary N) is 1. The van der Waals surface area contributed by atoms with Gasteiger partial charge in [0.1, 0.15) is 17.1 Å². The lowest BCUT2D eigenvalue weighted by atomic mass is 10.0. The fraction of sp³-hybridized carbons (Fsp3) is 0.238. The Morgan fingerprint density at radius 3 is 2.40 bits per heavy atom. The summed E-state index contributed by atoms with van der Waals surface area (Å²) in [7, 11) is 1.50. The first-order valence-electron chi connectivity index (χ1n) is 8.84. The molecule has 0 aliphatic rings. The summed E-state index contributed by atoms with van der Waals surface area (Å²) in [5.41, 5.74) is 1.55. The van der Waals surface area contributed by atoms with Gasteiger partial charge in [-0.3, -0.25) is 4.79 Å². The number of ether oxygens (including phenoxy) is 2. The largest absolute Gasteiger partial charge is 0.573 e. The maximum absolute atomic E-state index is 12.4. The molecule has 0 saturated heterocycles. The number of anilines is 1. The highest BCUT2D eigenvalue weighted by Gasteiger charge is 2.31. The molecule has 1 heterocycles. The van der Waals surface area contributed by atoms with Gasteiger partial charge in [0, 0.05) is 5.69 Å². The summed E-state index contributed by atoms with van der Waals surface area (Å²) in [5, 5.41) is 3.13. The second-order valence-electron chi connectivity index (χ2n) is 6.63. The molecule has 0 radical (unpaired) electrons. The summed E-state index contributed by atoms with van der Waals surface area (Å²) in [4.78, 5) is 24.8. The van der Waals surface area contributed by atoms with E-state index < -0.39 is 23.6 Å². The number of carbonyl (C=O) groups is 1. The van der Waals surface area contributed by atoms with Gasteiger partial charge in [0.15, 0.2) is 0 Å². The van der Waals surface area contributed by atoms with Crippen LogP contribution in [0.3, 0.4) is 0 Å². The number of carbonyl (C=O) groups excluding carboxylic acids is 1. The smallest absolute Gasteiger partial charge is 0.496 e. The number of fused-ring (bicyclic) bond motifs is 1. The average Bonchev–Trinajstić information content (AvgIpc) is 2.64. The molecular formula is C21H18F3NO5. The van der Waals surface area contributed by atoms with E-state index in [9.17, 15) is 22.8 Å². The number of aryl methyl sites for hydroxylation is 2. The van der Waals surface area contributed by atoms with E-state index in [0.717, 1.165) is 17.7 Å². The van der Waals surface area contributed by atoms with E-state index in [4.69, 9.17) is 9.15 Å². The molecule has 0 spiro atoms. The normalized spacial score (nSPS) is 11.4. The number of hydrogen-bond donors (Lipinski definition) is 1. The molecular weight excluding hydrogens is 403 g/mol. The minimum Gasteiger partial charge on any atom is -0.496 e. The summed E-state index contributed by atoms with van der Waals surface area (Å²) in [6, 6.07) is 8.18. The van der Waals surface area contributed by atoms with Gasteiger partial charge in [0.2, 0.25) is 5.91 Å². The van der Waals surface area contributed by atoms with Gasteiger partial charge in [-0.15, -0.1) is 13.2 Å². The van der Waals surface area contributed by atoms with Crippen LogP contribution in [0.1, 0.15) is 16.7 Å². The first-order chi connectivity index (χ1) is 14.1. The van der Waals surface area contributed by atoms with Gasteiger partial charge in [0.25, 0.3) is 0 Å². The predicted molar refractivity (Wildman–Crippen MR) is 104 cm³/mol. The maximum atomic E-state index is 12.4. The van der Waals surface area contributed by atoms with Gasteiger partial charge in [-0.05, 0) is 61.4 Å². The van der Waals surface area contributed by atoms with E-state index >= 15 is 0 Å². The van der Waals surface area contributed by atoms with Crippen molar-refractivity contribution in [1.29, 1.82) is 0 Å². The van der Waals surface area contributed by atoms with Crippen LogP contribution in [0.4, 0.5) is 18.9 Å². The Hall–Kier alpha value is -3.49. The van der Waals surface area contributed by atoms with Crippen LogP contribution in [0, 0.1) is 13.8 Å². The molecule has 158 valence electrons. The molecule has 0 unspecified atom stereocenters. The molecule has 3 aromatic rings. The van der Waals surface area contributed by atoms with E-state index in [1.807, 2.05) is 6.92 Å². The Balaban J connectivity index is 1.83. The first kappa shape index (κ1) is 21.2. The molecule has 1 N–H and O–H groups in total. The van der Waals surface area contributed by atoms with Gasteiger partial charge in [-0.2, -0.15) is 0 Å². The van der Waals surface area contributed by atoms with Crippen molar-refractivity contribution in [3.05, 3.63) is 63.5 Å². The van der Waals surface area contributed by atoms with E-state index in [-0.39, 0.29) is 17.7 Å². The minimum atomic E-state index is -4.80. The fourth-order valence-corrected chi connectivity index (χ4v) is 3.11. The van der Waals surface area contributed by atoms with Crippen LogP contribution in [0.5, 0.6) is 11.5 Å². The van der Waals surface area contributed by atoms with Crippen molar-refractivity contribution in [2.24, 2.45) is 0 Å². The van der Waals surface area contributed by atoms with Crippen molar-refractivity contribution in [2.45, 2.75) is 26.6 Å². The van der Waals surface area contributed by atoms with Crippen molar-refractivity contribution in [3.63, 3.8) is 0 Å². The molecule has 0 aliphatic heterocycles. The zero-order valence-electron chi connectivity index (χ0n) is 16.3. The van der Waals surface area contributed by atoms with E-state index in [0.29, 0.717) is 22.3 Å². The molecule has 30 heavy (non-hydrogen) atoms. The van der Waals surface area contributed by atoms with Crippen LogP contribution < -0.4 is 20.4 Å². The highest BCUT2D eigenvalue weighted by atomic mass is 19.4. The Morgan fingerprint density at radius 2 is 1.80 bits per heavy atom. The molecule has 2 aromatic carbocycles. The zero-order valence-corrected chi connectivity index (χ0v) is 16.3. The highest BCUT2D eigenvalue weighted by molar-refractivity contribution is 5.94. The number of benzene rings is 2. The van der Waals surface area contributed by atoms with Gasteiger partial charge >= 0.3 is 12.0 Å². The molecule has 6 nitrogen and oxygen atoms in total. The van der Waals surface area contributed by atoms with E-state index in [1.165, 1.54) is 19.2 Å². The second kappa shape index (κ2) is 8.10. The summed E-state index contributed by atoms with van der Waals surface area (Å²) >= 11 is 0. The van der Waals surface area contributed by atoms with Crippen LogP contribution in [0.15, 0.2) is 45.6 Å². The monoisotopic (exact) mass is 421 g/mol. The van der Waals surface area contributed by atoms with Crippen molar-refractivity contribution in [2.75, 3.05) is 12.4 Å². The zero-order chi connectivity index (χ0) is 22.1. The molecule has 1 aromatic heterocycles. The minimum absolute atomic E-state index is 0.166. The van der Waals surface area contributed by atoms with Gasteiger partial charge in [-0.25, -0.2) is 4.79 Å². The number of methoxy groups -OCH3 is 1.